The van der Waals surface area contributed by atoms with E-state index in [0.717, 1.165) is 17.9 Å². The fraction of sp³-hybridized carbons (Fsp3) is 0.769. The maximum atomic E-state index is 11.7. The molecule has 0 aromatic carbocycles. The van der Waals surface area contributed by atoms with E-state index in [9.17, 15) is 14.4 Å². The molecule has 0 spiro atoms. The summed E-state index contributed by atoms with van der Waals surface area (Å²) in [6.45, 7) is 3.92. The van der Waals surface area contributed by atoms with Crippen LogP contribution in [-0.4, -0.2) is 51.8 Å². The zero-order chi connectivity index (χ0) is 16.3. The number of carboxylic acids is 2. The van der Waals surface area contributed by atoms with E-state index in [4.69, 9.17) is 10.2 Å². The zero-order valence-electron chi connectivity index (χ0n) is 12.4. The first-order valence-electron chi connectivity index (χ1n) is 6.96. The molecule has 0 aliphatic carbocycles. The van der Waals surface area contributed by atoms with E-state index in [1.807, 2.05) is 6.92 Å². The van der Waals surface area contributed by atoms with Crippen LogP contribution in [0.25, 0.3) is 0 Å². The van der Waals surface area contributed by atoms with Gasteiger partial charge >= 0.3 is 18.0 Å². The van der Waals surface area contributed by atoms with Crippen LogP contribution in [-0.2, 0) is 9.59 Å². The van der Waals surface area contributed by atoms with E-state index in [2.05, 4.69) is 17.6 Å². The summed E-state index contributed by atoms with van der Waals surface area (Å²) in [6.07, 6.45) is 0.991. The Morgan fingerprint density at radius 1 is 1.14 bits per heavy atom. The first kappa shape index (κ1) is 19.6. The van der Waals surface area contributed by atoms with Crippen molar-refractivity contribution in [3.05, 3.63) is 0 Å². The lowest BCUT2D eigenvalue weighted by Crippen LogP contribution is -2.48. The average Bonchev–Trinajstić information content (AvgIpc) is 2.37. The molecule has 7 nitrogen and oxygen atoms in total. The van der Waals surface area contributed by atoms with Crippen LogP contribution in [0.15, 0.2) is 0 Å². The summed E-state index contributed by atoms with van der Waals surface area (Å²) in [5.41, 5.74) is 0. The zero-order valence-corrected chi connectivity index (χ0v) is 13.2. The molecular formula is C13H24N2O5S. The maximum absolute atomic E-state index is 11.7. The smallest absolute Gasteiger partial charge is 0.326 e. The highest BCUT2D eigenvalue weighted by Crippen LogP contribution is 2.04. The van der Waals surface area contributed by atoms with E-state index in [0.29, 0.717) is 0 Å². The highest BCUT2D eigenvalue weighted by molar-refractivity contribution is 7.99. The lowest BCUT2D eigenvalue weighted by Gasteiger charge is -2.18. The molecule has 21 heavy (non-hydrogen) atoms. The molecule has 0 aliphatic rings. The fourth-order valence-electron chi connectivity index (χ4n) is 1.62. The van der Waals surface area contributed by atoms with E-state index in [1.54, 1.807) is 11.8 Å². The fourth-order valence-corrected chi connectivity index (χ4v) is 2.42. The molecule has 0 bridgehead atoms. The first-order valence-corrected chi connectivity index (χ1v) is 8.11. The van der Waals surface area contributed by atoms with Crippen molar-refractivity contribution in [1.82, 2.24) is 10.6 Å². The second kappa shape index (κ2) is 11.2. The van der Waals surface area contributed by atoms with Crippen LogP contribution in [0, 0.1) is 0 Å². The summed E-state index contributed by atoms with van der Waals surface area (Å²) < 4.78 is 0. The third-order valence-corrected chi connectivity index (χ3v) is 3.70. The number of rotatable bonds is 11. The topological polar surface area (TPSA) is 116 Å². The molecule has 4 N–H and O–H groups in total. The Balaban J connectivity index is 4.10. The number of carboxylic acid groups (broad SMARTS) is 2. The summed E-state index contributed by atoms with van der Waals surface area (Å²) in [5, 5.41) is 22.6. The highest BCUT2D eigenvalue weighted by Gasteiger charge is 2.20. The first-order chi connectivity index (χ1) is 9.86. The van der Waals surface area contributed by atoms with Crippen molar-refractivity contribution in [2.75, 3.05) is 11.5 Å². The minimum atomic E-state index is -1.16. The van der Waals surface area contributed by atoms with E-state index < -0.39 is 24.0 Å². The van der Waals surface area contributed by atoms with Crippen molar-refractivity contribution < 1.29 is 24.6 Å². The largest absolute Gasteiger partial charge is 0.481 e. The SMILES string of the molecule is CCSCCC(C)NC(=O)N[C@H](CCCC(=O)O)C(=O)O. The second-order valence-corrected chi connectivity index (χ2v) is 6.08. The summed E-state index contributed by atoms with van der Waals surface area (Å²) >= 11 is 1.77. The van der Waals surface area contributed by atoms with Gasteiger partial charge in [-0.05, 0) is 37.7 Å². The average molecular weight is 320 g/mol. The van der Waals surface area contributed by atoms with Gasteiger partial charge in [-0.3, -0.25) is 4.79 Å². The second-order valence-electron chi connectivity index (χ2n) is 4.68. The van der Waals surface area contributed by atoms with Crippen molar-refractivity contribution in [1.29, 1.82) is 0 Å². The molecule has 8 heteroatoms. The van der Waals surface area contributed by atoms with Crippen molar-refractivity contribution in [3.63, 3.8) is 0 Å². The van der Waals surface area contributed by atoms with Gasteiger partial charge in [-0.25, -0.2) is 9.59 Å². The van der Waals surface area contributed by atoms with Gasteiger partial charge < -0.3 is 20.8 Å². The van der Waals surface area contributed by atoms with Crippen LogP contribution >= 0.6 is 11.8 Å². The summed E-state index contributed by atoms with van der Waals surface area (Å²) in [5.74, 6) is -0.196. The quantitative estimate of drug-likeness (QED) is 0.429. The molecule has 2 atom stereocenters. The lowest BCUT2D eigenvalue weighted by molar-refractivity contribution is -0.140. The van der Waals surface area contributed by atoms with Crippen molar-refractivity contribution in [3.8, 4) is 0 Å². The van der Waals surface area contributed by atoms with E-state index in [1.165, 1.54) is 0 Å². The molecule has 0 radical (unpaired) electrons. The van der Waals surface area contributed by atoms with Gasteiger partial charge in [-0.2, -0.15) is 11.8 Å². The number of hydrogen-bond acceptors (Lipinski definition) is 4. The predicted octanol–water partition coefficient (Wildman–Crippen LogP) is 1.53. The number of carbonyl (C=O) groups is 3. The third-order valence-electron chi connectivity index (χ3n) is 2.76. The standard InChI is InChI=1S/C13H24N2O5S/c1-3-21-8-7-9(2)14-13(20)15-10(12(18)19)5-4-6-11(16)17/h9-10H,3-8H2,1-2H3,(H,16,17)(H,18,19)(H2,14,15,20)/t9?,10-/m1/s1. The summed E-state index contributed by atoms with van der Waals surface area (Å²) in [7, 11) is 0. The molecule has 0 aliphatic heterocycles. The molecular weight excluding hydrogens is 296 g/mol. The van der Waals surface area contributed by atoms with Gasteiger partial charge in [0, 0.05) is 12.5 Å². The Kier molecular flexibility index (Phi) is 10.5. The Hall–Kier alpha value is -1.44. The number of hydrogen-bond donors (Lipinski definition) is 4. The normalized spacial score (nSPS) is 13.2. The predicted molar refractivity (Wildman–Crippen MR) is 81.7 cm³/mol. The highest BCUT2D eigenvalue weighted by atomic mass is 32.2. The minimum absolute atomic E-state index is 0.0440. The molecule has 0 heterocycles. The number of urea groups is 1. The lowest BCUT2D eigenvalue weighted by atomic mass is 10.1. The van der Waals surface area contributed by atoms with Gasteiger partial charge in [-0.15, -0.1) is 0 Å². The molecule has 0 saturated carbocycles. The van der Waals surface area contributed by atoms with Gasteiger partial charge in [0.25, 0.3) is 0 Å². The Bertz CT molecular complexity index is 351. The van der Waals surface area contributed by atoms with E-state index in [-0.39, 0.29) is 25.3 Å². The van der Waals surface area contributed by atoms with Gasteiger partial charge in [0.15, 0.2) is 0 Å². The molecule has 0 saturated heterocycles. The van der Waals surface area contributed by atoms with Crippen molar-refractivity contribution in [2.24, 2.45) is 0 Å². The van der Waals surface area contributed by atoms with Crippen molar-refractivity contribution >= 4 is 29.7 Å². The Morgan fingerprint density at radius 3 is 2.33 bits per heavy atom. The molecule has 1 unspecified atom stereocenters. The summed E-state index contributed by atoms with van der Waals surface area (Å²) in [4.78, 5) is 33.1. The molecule has 0 rings (SSSR count). The van der Waals surface area contributed by atoms with Crippen LogP contribution in [0.1, 0.15) is 39.5 Å². The monoisotopic (exact) mass is 320 g/mol. The number of amides is 2. The number of thioether (sulfide) groups is 1. The van der Waals surface area contributed by atoms with Gasteiger partial charge in [-0.1, -0.05) is 6.92 Å². The Morgan fingerprint density at radius 2 is 1.81 bits per heavy atom. The minimum Gasteiger partial charge on any atom is -0.481 e. The van der Waals surface area contributed by atoms with Crippen LogP contribution in [0.3, 0.4) is 0 Å². The van der Waals surface area contributed by atoms with Crippen LogP contribution < -0.4 is 10.6 Å². The maximum Gasteiger partial charge on any atom is 0.326 e. The van der Waals surface area contributed by atoms with Crippen molar-refractivity contribution in [2.45, 2.75) is 51.6 Å². The third kappa shape index (κ3) is 10.9. The summed E-state index contributed by atoms with van der Waals surface area (Å²) in [6, 6.07) is -1.65. The van der Waals surface area contributed by atoms with Gasteiger partial charge in [0.2, 0.25) is 0 Å². The number of carbonyl (C=O) groups excluding carboxylic acids is 1. The van der Waals surface area contributed by atoms with E-state index >= 15 is 0 Å². The van der Waals surface area contributed by atoms with Crippen LogP contribution in [0.5, 0.6) is 0 Å². The van der Waals surface area contributed by atoms with Crippen LogP contribution in [0.4, 0.5) is 4.79 Å². The van der Waals surface area contributed by atoms with Crippen LogP contribution in [0.2, 0.25) is 0 Å². The van der Waals surface area contributed by atoms with Gasteiger partial charge in [0.1, 0.15) is 6.04 Å². The molecule has 2 amide bonds. The molecule has 0 aromatic heterocycles. The molecule has 0 aromatic rings. The Labute approximate surface area is 128 Å². The molecule has 122 valence electrons. The van der Waals surface area contributed by atoms with Gasteiger partial charge in [0.05, 0.1) is 0 Å². The molecule has 0 fully saturated rings. The number of nitrogens with one attached hydrogen (secondary N) is 2. The number of aliphatic carboxylic acids is 2.